The molecule has 3 rings (SSSR count). The minimum absolute atomic E-state index is 0.726. The molecule has 1 fully saturated rings. The smallest absolute Gasteiger partial charge is 0.225 e. The molecule has 0 radical (unpaired) electrons. The molecule has 1 unspecified atom stereocenters. The molecule has 2 aromatic rings. The van der Waals surface area contributed by atoms with E-state index in [9.17, 15) is 0 Å². The lowest BCUT2D eigenvalue weighted by Gasteiger charge is -2.23. The SMILES string of the molecule is CNc1nc(N2CCCC(C(C)C)CC2)c2ccsc2n1. The fourth-order valence-corrected chi connectivity index (χ4v) is 3.95. The molecule has 1 N–H and O–H groups in total. The van der Waals surface area contributed by atoms with Crippen molar-refractivity contribution in [2.24, 2.45) is 11.8 Å². The number of thiophene rings is 1. The maximum Gasteiger partial charge on any atom is 0.225 e. The van der Waals surface area contributed by atoms with E-state index in [1.807, 2.05) is 7.05 Å². The van der Waals surface area contributed by atoms with Crippen LogP contribution >= 0.6 is 11.3 Å². The van der Waals surface area contributed by atoms with E-state index >= 15 is 0 Å². The minimum atomic E-state index is 0.726. The number of hydrogen-bond donors (Lipinski definition) is 1. The zero-order chi connectivity index (χ0) is 14.8. The van der Waals surface area contributed by atoms with Crippen LogP contribution in [-0.4, -0.2) is 30.1 Å². The number of aromatic nitrogens is 2. The van der Waals surface area contributed by atoms with Gasteiger partial charge < -0.3 is 10.2 Å². The maximum atomic E-state index is 4.74. The van der Waals surface area contributed by atoms with Crippen molar-refractivity contribution in [3.63, 3.8) is 0 Å². The number of hydrogen-bond acceptors (Lipinski definition) is 5. The van der Waals surface area contributed by atoms with E-state index in [1.54, 1.807) is 11.3 Å². The first-order valence-electron chi connectivity index (χ1n) is 7.87. The van der Waals surface area contributed by atoms with Crippen molar-refractivity contribution in [1.82, 2.24) is 9.97 Å². The fraction of sp³-hybridized carbons (Fsp3) is 0.625. The predicted octanol–water partition coefficient (Wildman–Crippen LogP) is 4.00. The summed E-state index contributed by atoms with van der Waals surface area (Å²) in [5.41, 5.74) is 0. The van der Waals surface area contributed by atoms with Gasteiger partial charge in [-0.15, -0.1) is 11.3 Å². The van der Waals surface area contributed by atoms with Crippen molar-refractivity contribution < 1.29 is 0 Å². The Balaban J connectivity index is 1.90. The summed E-state index contributed by atoms with van der Waals surface area (Å²) in [6.45, 7) is 6.91. The van der Waals surface area contributed by atoms with Gasteiger partial charge in [-0.25, -0.2) is 4.98 Å². The van der Waals surface area contributed by atoms with Gasteiger partial charge in [-0.05, 0) is 42.5 Å². The molecule has 114 valence electrons. The van der Waals surface area contributed by atoms with Gasteiger partial charge in [-0.1, -0.05) is 13.8 Å². The normalized spacial score (nSPS) is 20.0. The standard InChI is InChI=1S/C16H24N4S/c1-11(2)12-5-4-8-20(9-6-12)14-13-7-10-21-15(13)19-16(17-3)18-14/h7,10-12H,4-6,8-9H2,1-3H3,(H,17,18,19). The number of nitrogens with zero attached hydrogens (tertiary/aromatic N) is 3. The van der Waals surface area contributed by atoms with Gasteiger partial charge in [-0.3, -0.25) is 0 Å². The van der Waals surface area contributed by atoms with E-state index in [0.29, 0.717) is 0 Å². The van der Waals surface area contributed by atoms with Gasteiger partial charge in [0.2, 0.25) is 5.95 Å². The summed E-state index contributed by atoms with van der Waals surface area (Å²) in [6, 6.07) is 2.15. The monoisotopic (exact) mass is 304 g/mol. The molecule has 1 atom stereocenters. The number of nitrogens with one attached hydrogen (secondary N) is 1. The maximum absolute atomic E-state index is 4.74. The van der Waals surface area contributed by atoms with Gasteiger partial charge in [0, 0.05) is 20.1 Å². The Bertz CT molecular complexity index is 607. The molecule has 2 aromatic heterocycles. The Morgan fingerprint density at radius 1 is 1.29 bits per heavy atom. The highest BCUT2D eigenvalue weighted by molar-refractivity contribution is 7.16. The van der Waals surface area contributed by atoms with Crippen LogP contribution in [0.25, 0.3) is 10.2 Å². The summed E-state index contributed by atoms with van der Waals surface area (Å²) in [4.78, 5) is 12.8. The van der Waals surface area contributed by atoms with Crippen molar-refractivity contribution in [3.05, 3.63) is 11.4 Å². The molecular weight excluding hydrogens is 280 g/mol. The Morgan fingerprint density at radius 2 is 2.14 bits per heavy atom. The van der Waals surface area contributed by atoms with Crippen LogP contribution in [0.5, 0.6) is 0 Å². The molecule has 0 spiro atoms. The second kappa shape index (κ2) is 6.18. The van der Waals surface area contributed by atoms with Crippen LogP contribution in [-0.2, 0) is 0 Å². The summed E-state index contributed by atoms with van der Waals surface area (Å²) in [7, 11) is 1.88. The molecule has 1 aliphatic heterocycles. The van der Waals surface area contributed by atoms with E-state index in [1.165, 1.54) is 24.6 Å². The lowest BCUT2D eigenvalue weighted by atomic mass is 9.89. The van der Waals surface area contributed by atoms with Gasteiger partial charge >= 0.3 is 0 Å². The molecule has 21 heavy (non-hydrogen) atoms. The lowest BCUT2D eigenvalue weighted by Crippen LogP contribution is -2.26. The van der Waals surface area contributed by atoms with Crippen LogP contribution in [0.15, 0.2) is 11.4 Å². The van der Waals surface area contributed by atoms with Gasteiger partial charge in [-0.2, -0.15) is 4.98 Å². The quantitative estimate of drug-likeness (QED) is 0.930. The first kappa shape index (κ1) is 14.6. The van der Waals surface area contributed by atoms with E-state index < -0.39 is 0 Å². The highest BCUT2D eigenvalue weighted by Gasteiger charge is 2.22. The van der Waals surface area contributed by atoms with Crippen LogP contribution in [0, 0.1) is 11.8 Å². The van der Waals surface area contributed by atoms with Gasteiger partial charge in [0.1, 0.15) is 10.6 Å². The van der Waals surface area contributed by atoms with Crippen molar-refractivity contribution in [3.8, 4) is 0 Å². The molecule has 4 nitrogen and oxygen atoms in total. The summed E-state index contributed by atoms with van der Waals surface area (Å²) in [6.07, 6.45) is 3.86. The summed E-state index contributed by atoms with van der Waals surface area (Å²) >= 11 is 1.69. The second-order valence-electron chi connectivity index (χ2n) is 6.18. The minimum Gasteiger partial charge on any atom is -0.357 e. The average molecular weight is 304 g/mol. The summed E-state index contributed by atoms with van der Waals surface area (Å²) < 4.78 is 0. The third-order valence-electron chi connectivity index (χ3n) is 4.54. The molecule has 0 aromatic carbocycles. The zero-order valence-corrected chi connectivity index (χ0v) is 13.9. The third-order valence-corrected chi connectivity index (χ3v) is 5.35. The Hall–Kier alpha value is -1.36. The van der Waals surface area contributed by atoms with Crippen LogP contribution in [0.3, 0.4) is 0 Å². The number of rotatable bonds is 3. The molecule has 1 aliphatic rings. The number of anilines is 2. The van der Waals surface area contributed by atoms with Crippen molar-refractivity contribution in [1.29, 1.82) is 0 Å². The van der Waals surface area contributed by atoms with E-state index in [0.717, 1.165) is 41.5 Å². The van der Waals surface area contributed by atoms with Crippen molar-refractivity contribution in [2.45, 2.75) is 33.1 Å². The van der Waals surface area contributed by atoms with Crippen molar-refractivity contribution in [2.75, 3.05) is 30.4 Å². The first-order valence-corrected chi connectivity index (χ1v) is 8.75. The molecule has 0 bridgehead atoms. The van der Waals surface area contributed by atoms with Crippen LogP contribution < -0.4 is 10.2 Å². The van der Waals surface area contributed by atoms with Crippen LogP contribution in [0.2, 0.25) is 0 Å². The van der Waals surface area contributed by atoms with Gasteiger partial charge in [0.15, 0.2) is 0 Å². The molecule has 3 heterocycles. The van der Waals surface area contributed by atoms with E-state index in [4.69, 9.17) is 4.98 Å². The molecular formula is C16H24N4S. The summed E-state index contributed by atoms with van der Waals surface area (Å²) in [5.74, 6) is 3.46. The van der Waals surface area contributed by atoms with E-state index in [-0.39, 0.29) is 0 Å². The van der Waals surface area contributed by atoms with Gasteiger partial charge in [0.05, 0.1) is 5.39 Å². The van der Waals surface area contributed by atoms with Crippen LogP contribution in [0.4, 0.5) is 11.8 Å². The highest BCUT2D eigenvalue weighted by Crippen LogP contribution is 2.32. The van der Waals surface area contributed by atoms with Crippen molar-refractivity contribution >= 4 is 33.3 Å². The first-order chi connectivity index (χ1) is 10.2. The Morgan fingerprint density at radius 3 is 2.90 bits per heavy atom. The molecule has 0 aliphatic carbocycles. The van der Waals surface area contributed by atoms with E-state index in [2.05, 4.69) is 40.5 Å². The molecule has 5 heteroatoms. The molecule has 0 saturated carbocycles. The summed E-state index contributed by atoms with van der Waals surface area (Å²) in [5, 5.41) is 6.39. The largest absolute Gasteiger partial charge is 0.357 e. The third kappa shape index (κ3) is 2.98. The second-order valence-corrected chi connectivity index (χ2v) is 7.08. The van der Waals surface area contributed by atoms with Crippen LogP contribution in [0.1, 0.15) is 33.1 Å². The highest BCUT2D eigenvalue weighted by atomic mass is 32.1. The lowest BCUT2D eigenvalue weighted by molar-refractivity contribution is 0.351. The topological polar surface area (TPSA) is 41.1 Å². The molecule has 1 saturated heterocycles. The van der Waals surface area contributed by atoms with Gasteiger partial charge in [0.25, 0.3) is 0 Å². The number of fused-ring (bicyclic) bond motifs is 1. The predicted molar refractivity (Wildman–Crippen MR) is 91.4 cm³/mol. The average Bonchev–Trinajstić information content (AvgIpc) is 2.81. The Labute approximate surface area is 130 Å². The Kier molecular flexibility index (Phi) is 4.29. The fourth-order valence-electron chi connectivity index (χ4n) is 3.19. The molecule has 0 amide bonds. The zero-order valence-electron chi connectivity index (χ0n) is 13.1.